The molecule has 79 valence electrons. The molecular formula is C10H18N3O. The van der Waals surface area contributed by atoms with E-state index in [9.17, 15) is 4.79 Å². The van der Waals surface area contributed by atoms with Crippen molar-refractivity contribution in [3.63, 3.8) is 0 Å². The van der Waals surface area contributed by atoms with Gasteiger partial charge < -0.3 is 10.2 Å². The Balaban J connectivity index is 1.85. The molecule has 1 radical (unpaired) electrons. The molecule has 0 saturated carbocycles. The molecule has 2 aliphatic heterocycles. The first-order chi connectivity index (χ1) is 6.88. The van der Waals surface area contributed by atoms with E-state index < -0.39 is 0 Å². The Kier molecular flexibility index (Phi) is 3.37. The summed E-state index contributed by atoms with van der Waals surface area (Å²) in [4.78, 5) is 13.9. The van der Waals surface area contributed by atoms with Crippen LogP contribution in [0.25, 0.3) is 0 Å². The molecule has 2 aliphatic rings. The van der Waals surface area contributed by atoms with Crippen molar-refractivity contribution in [2.75, 3.05) is 32.7 Å². The van der Waals surface area contributed by atoms with Crippen molar-refractivity contribution >= 4 is 5.91 Å². The van der Waals surface area contributed by atoms with Crippen LogP contribution in [0.5, 0.6) is 0 Å². The summed E-state index contributed by atoms with van der Waals surface area (Å²) >= 11 is 0. The molecule has 2 heterocycles. The zero-order valence-electron chi connectivity index (χ0n) is 8.54. The fourth-order valence-corrected chi connectivity index (χ4v) is 2.11. The molecule has 1 unspecified atom stereocenters. The normalized spacial score (nSPS) is 28.9. The minimum atomic E-state index is 0.0850. The van der Waals surface area contributed by atoms with E-state index in [0.29, 0.717) is 5.91 Å². The highest BCUT2D eigenvalue weighted by Crippen LogP contribution is 2.10. The van der Waals surface area contributed by atoms with Gasteiger partial charge in [0.2, 0.25) is 5.91 Å². The van der Waals surface area contributed by atoms with Crippen molar-refractivity contribution in [1.82, 2.24) is 15.5 Å². The van der Waals surface area contributed by atoms with Crippen LogP contribution >= 0.6 is 0 Å². The van der Waals surface area contributed by atoms with Crippen LogP contribution in [-0.4, -0.2) is 49.6 Å². The van der Waals surface area contributed by atoms with Crippen LogP contribution in [0.15, 0.2) is 0 Å². The number of amides is 1. The van der Waals surface area contributed by atoms with E-state index in [1.54, 1.807) is 0 Å². The SMILES string of the molecule is O=C(C1CCCCN1)N1CC[N]CC1. The lowest BCUT2D eigenvalue weighted by molar-refractivity contribution is -0.134. The monoisotopic (exact) mass is 196 g/mol. The number of rotatable bonds is 1. The third kappa shape index (κ3) is 2.25. The van der Waals surface area contributed by atoms with E-state index >= 15 is 0 Å². The first-order valence-electron chi connectivity index (χ1n) is 5.53. The van der Waals surface area contributed by atoms with Crippen LogP contribution in [0.4, 0.5) is 0 Å². The number of carbonyl (C=O) groups excluding carboxylic acids is 1. The van der Waals surface area contributed by atoms with Gasteiger partial charge in [-0.3, -0.25) is 4.79 Å². The molecule has 0 aromatic carbocycles. The molecule has 0 aromatic heterocycles. The summed E-state index contributed by atoms with van der Waals surface area (Å²) in [6, 6.07) is 0.0850. The fourth-order valence-electron chi connectivity index (χ4n) is 2.11. The molecule has 4 nitrogen and oxygen atoms in total. The Hall–Kier alpha value is -0.610. The van der Waals surface area contributed by atoms with E-state index in [4.69, 9.17) is 0 Å². The maximum absolute atomic E-state index is 12.0. The maximum Gasteiger partial charge on any atom is 0.239 e. The summed E-state index contributed by atoms with van der Waals surface area (Å²) in [6.45, 7) is 4.26. The quantitative estimate of drug-likeness (QED) is 0.619. The first kappa shape index (κ1) is 9.93. The van der Waals surface area contributed by atoms with Crippen LogP contribution in [0.1, 0.15) is 19.3 Å². The Morgan fingerprint density at radius 2 is 2.07 bits per heavy atom. The van der Waals surface area contributed by atoms with Gasteiger partial charge in [0.25, 0.3) is 0 Å². The molecule has 1 atom stereocenters. The van der Waals surface area contributed by atoms with E-state index in [1.807, 2.05) is 4.90 Å². The van der Waals surface area contributed by atoms with Crippen molar-refractivity contribution in [1.29, 1.82) is 0 Å². The molecule has 4 heteroatoms. The van der Waals surface area contributed by atoms with Crippen molar-refractivity contribution in [3.05, 3.63) is 0 Å². The van der Waals surface area contributed by atoms with Crippen LogP contribution in [0, 0.1) is 0 Å². The lowest BCUT2D eigenvalue weighted by Crippen LogP contribution is -2.52. The largest absolute Gasteiger partial charge is 0.339 e. The van der Waals surface area contributed by atoms with Crippen molar-refractivity contribution < 1.29 is 4.79 Å². The lowest BCUT2D eigenvalue weighted by atomic mass is 10.0. The minimum Gasteiger partial charge on any atom is -0.339 e. The average Bonchev–Trinajstić information content (AvgIpc) is 2.30. The zero-order chi connectivity index (χ0) is 9.80. The Morgan fingerprint density at radius 3 is 2.71 bits per heavy atom. The lowest BCUT2D eigenvalue weighted by Gasteiger charge is -2.32. The van der Waals surface area contributed by atoms with Crippen LogP contribution in [0.3, 0.4) is 0 Å². The molecule has 0 bridgehead atoms. The van der Waals surface area contributed by atoms with Gasteiger partial charge in [0.05, 0.1) is 6.04 Å². The molecule has 2 rings (SSSR count). The molecule has 1 N–H and O–H groups in total. The van der Waals surface area contributed by atoms with E-state index in [0.717, 1.165) is 39.1 Å². The predicted molar refractivity (Wildman–Crippen MR) is 54.1 cm³/mol. The highest BCUT2D eigenvalue weighted by molar-refractivity contribution is 5.82. The Labute approximate surface area is 85.0 Å². The van der Waals surface area contributed by atoms with E-state index in [-0.39, 0.29) is 6.04 Å². The number of nitrogens with one attached hydrogen (secondary N) is 1. The molecule has 14 heavy (non-hydrogen) atoms. The number of hydrogen-bond donors (Lipinski definition) is 1. The summed E-state index contributed by atoms with van der Waals surface area (Å²) in [5.74, 6) is 0.291. The van der Waals surface area contributed by atoms with Crippen LogP contribution in [-0.2, 0) is 4.79 Å². The average molecular weight is 196 g/mol. The highest BCUT2D eigenvalue weighted by atomic mass is 16.2. The number of nitrogens with zero attached hydrogens (tertiary/aromatic N) is 2. The maximum atomic E-state index is 12.0. The van der Waals surface area contributed by atoms with Gasteiger partial charge in [-0.2, -0.15) is 0 Å². The van der Waals surface area contributed by atoms with Gasteiger partial charge in [-0.05, 0) is 19.4 Å². The van der Waals surface area contributed by atoms with Crippen LogP contribution < -0.4 is 10.6 Å². The second-order valence-corrected chi connectivity index (χ2v) is 4.00. The second kappa shape index (κ2) is 4.75. The predicted octanol–water partition coefficient (Wildman–Crippen LogP) is -0.425. The summed E-state index contributed by atoms with van der Waals surface area (Å²) in [6.07, 6.45) is 3.40. The standard InChI is InChI=1S/C10H18N3O/c14-10(9-3-1-2-4-12-9)13-7-5-11-6-8-13/h9,12H,1-8H2. The summed E-state index contributed by atoms with van der Waals surface area (Å²) in [5.41, 5.74) is 0. The van der Waals surface area contributed by atoms with Gasteiger partial charge in [-0.15, -0.1) is 0 Å². The number of hydrogen-bond acceptors (Lipinski definition) is 2. The molecule has 1 amide bonds. The number of piperazine rings is 1. The van der Waals surface area contributed by atoms with Crippen molar-refractivity contribution in [2.24, 2.45) is 0 Å². The van der Waals surface area contributed by atoms with Gasteiger partial charge in [-0.1, -0.05) is 6.42 Å². The molecule has 2 fully saturated rings. The third-order valence-corrected chi connectivity index (χ3v) is 2.98. The molecule has 0 aliphatic carbocycles. The minimum absolute atomic E-state index is 0.0850. The Morgan fingerprint density at radius 1 is 1.29 bits per heavy atom. The first-order valence-corrected chi connectivity index (χ1v) is 5.53. The Bertz CT molecular complexity index is 176. The number of piperidine rings is 1. The van der Waals surface area contributed by atoms with E-state index in [1.165, 1.54) is 12.8 Å². The zero-order valence-corrected chi connectivity index (χ0v) is 8.54. The van der Waals surface area contributed by atoms with Gasteiger partial charge in [-0.25, -0.2) is 5.32 Å². The van der Waals surface area contributed by atoms with Crippen LogP contribution in [0.2, 0.25) is 0 Å². The summed E-state index contributed by atoms with van der Waals surface area (Å²) in [7, 11) is 0. The number of carbonyl (C=O) groups is 1. The van der Waals surface area contributed by atoms with Gasteiger partial charge in [0, 0.05) is 26.2 Å². The summed E-state index contributed by atoms with van der Waals surface area (Å²) in [5, 5.41) is 7.53. The molecule has 2 saturated heterocycles. The van der Waals surface area contributed by atoms with E-state index in [2.05, 4.69) is 10.6 Å². The molecule has 0 aromatic rings. The molecule has 0 spiro atoms. The fraction of sp³-hybridized carbons (Fsp3) is 0.900. The van der Waals surface area contributed by atoms with Gasteiger partial charge in [0.15, 0.2) is 0 Å². The van der Waals surface area contributed by atoms with Crippen molar-refractivity contribution in [2.45, 2.75) is 25.3 Å². The van der Waals surface area contributed by atoms with Gasteiger partial charge >= 0.3 is 0 Å². The second-order valence-electron chi connectivity index (χ2n) is 4.00. The topological polar surface area (TPSA) is 46.4 Å². The smallest absolute Gasteiger partial charge is 0.239 e. The summed E-state index contributed by atoms with van der Waals surface area (Å²) < 4.78 is 0. The van der Waals surface area contributed by atoms with Crippen molar-refractivity contribution in [3.8, 4) is 0 Å². The third-order valence-electron chi connectivity index (χ3n) is 2.98. The molecular weight excluding hydrogens is 178 g/mol. The van der Waals surface area contributed by atoms with Gasteiger partial charge in [0.1, 0.15) is 0 Å². The highest BCUT2D eigenvalue weighted by Gasteiger charge is 2.26.